The first-order chi connectivity index (χ1) is 11.0. The lowest BCUT2D eigenvalue weighted by Gasteiger charge is -2.23. The largest absolute Gasteiger partial charge is 0.465 e. The number of hydrogen-bond acceptors (Lipinski definition) is 5. The molecule has 0 saturated heterocycles. The molecule has 0 aliphatic rings. The molecule has 124 valence electrons. The van der Waals surface area contributed by atoms with Crippen LogP contribution >= 0.6 is 0 Å². The van der Waals surface area contributed by atoms with E-state index in [-0.39, 0.29) is 12.6 Å². The Bertz CT molecular complexity index is 559. The van der Waals surface area contributed by atoms with Gasteiger partial charge >= 0.3 is 5.97 Å². The molecule has 2 atom stereocenters. The van der Waals surface area contributed by atoms with Gasteiger partial charge in [-0.2, -0.15) is 5.26 Å². The molecule has 0 spiro atoms. The van der Waals surface area contributed by atoms with Crippen molar-refractivity contribution in [3.05, 3.63) is 35.4 Å². The second-order valence-corrected chi connectivity index (χ2v) is 5.45. The van der Waals surface area contributed by atoms with Gasteiger partial charge in [0, 0.05) is 6.21 Å². The first-order valence-corrected chi connectivity index (χ1v) is 7.84. The van der Waals surface area contributed by atoms with Gasteiger partial charge in [0.2, 0.25) is 0 Å². The van der Waals surface area contributed by atoms with E-state index in [0.717, 1.165) is 12.0 Å². The molecule has 5 heteroatoms. The van der Waals surface area contributed by atoms with Gasteiger partial charge in [0.15, 0.2) is 5.92 Å². The molecule has 0 N–H and O–H groups in total. The van der Waals surface area contributed by atoms with Crippen molar-refractivity contribution in [1.82, 2.24) is 4.90 Å². The molecule has 0 amide bonds. The van der Waals surface area contributed by atoms with Gasteiger partial charge < -0.3 is 9.64 Å². The Labute approximate surface area is 138 Å². The van der Waals surface area contributed by atoms with Gasteiger partial charge in [0.05, 0.1) is 25.3 Å². The SMILES string of the molecule is CCOC(=O)C(C#N)C=NC[C@H](c1ccc(CC)cc1)N(C)C. The van der Waals surface area contributed by atoms with Gasteiger partial charge in [-0.1, -0.05) is 31.2 Å². The summed E-state index contributed by atoms with van der Waals surface area (Å²) in [6, 6.07) is 10.4. The number of aliphatic imine (C=N–C) groups is 1. The maximum atomic E-state index is 11.6. The van der Waals surface area contributed by atoms with Gasteiger partial charge in [-0.3, -0.25) is 9.79 Å². The molecular formula is C18H25N3O2. The van der Waals surface area contributed by atoms with E-state index < -0.39 is 11.9 Å². The molecule has 0 heterocycles. The second-order valence-electron chi connectivity index (χ2n) is 5.45. The summed E-state index contributed by atoms with van der Waals surface area (Å²) in [4.78, 5) is 17.9. The summed E-state index contributed by atoms with van der Waals surface area (Å²) < 4.78 is 4.85. The lowest BCUT2D eigenvalue weighted by atomic mass is 10.0. The summed E-state index contributed by atoms with van der Waals surface area (Å²) in [5.41, 5.74) is 2.45. The number of carbonyl (C=O) groups excluding carboxylic acids is 1. The average molecular weight is 315 g/mol. The predicted octanol–water partition coefficient (Wildman–Crippen LogP) is 2.63. The zero-order valence-corrected chi connectivity index (χ0v) is 14.3. The lowest BCUT2D eigenvalue weighted by Crippen LogP contribution is -2.23. The molecule has 1 aromatic rings. The highest BCUT2D eigenvalue weighted by molar-refractivity contribution is 5.92. The quantitative estimate of drug-likeness (QED) is 0.546. The zero-order valence-electron chi connectivity index (χ0n) is 14.3. The molecule has 0 aliphatic carbocycles. The van der Waals surface area contributed by atoms with E-state index in [9.17, 15) is 4.79 Å². The van der Waals surface area contributed by atoms with E-state index in [1.165, 1.54) is 11.8 Å². The summed E-state index contributed by atoms with van der Waals surface area (Å²) >= 11 is 0. The Morgan fingerprint density at radius 3 is 2.48 bits per heavy atom. The molecule has 0 radical (unpaired) electrons. The normalized spacial score (nSPS) is 13.7. The number of rotatable bonds is 8. The van der Waals surface area contributed by atoms with E-state index in [2.05, 4.69) is 41.1 Å². The first-order valence-electron chi connectivity index (χ1n) is 7.84. The zero-order chi connectivity index (χ0) is 17.2. The average Bonchev–Trinajstić information content (AvgIpc) is 2.55. The summed E-state index contributed by atoms with van der Waals surface area (Å²) in [5.74, 6) is -1.49. The molecule has 23 heavy (non-hydrogen) atoms. The molecule has 1 aromatic carbocycles. The van der Waals surface area contributed by atoms with Gasteiger partial charge in [-0.05, 0) is 38.6 Å². The summed E-state index contributed by atoms with van der Waals surface area (Å²) in [5, 5.41) is 9.02. The molecule has 0 saturated carbocycles. The predicted molar refractivity (Wildman–Crippen MR) is 91.3 cm³/mol. The van der Waals surface area contributed by atoms with Crippen molar-refractivity contribution in [2.75, 3.05) is 27.2 Å². The molecular weight excluding hydrogens is 290 g/mol. The number of nitriles is 1. The van der Waals surface area contributed by atoms with Crippen LogP contribution in [-0.2, 0) is 16.0 Å². The van der Waals surface area contributed by atoms with Crippen LogP contribution in [0.25, 0.3) is 0 Å². The number of aryl methyl sites for hydroxylation is 1. The van der Waals surface area contributed by atoms with Crippen LogP contribution in [-0.4, -0.2) is 44.3 Å². The number of ether oxygens (including phenoxy) is 1. The van der Waals surface area contributed by atoms with E-state index >= 15 is 0 Å². The van der Waals surface area contributed by atoms with Crippen molar-refractivity contribution in [3.63, 3.8) is 0 Å². The van der Waals surface area contributed by atoms with Crippen molar-refractivity contribution < 1.29 is 9.53 Å². The van der Waals surface area contributed by atoms with Crippen molar-refractivity contribution >= 4 is 12.2 Å². The summed E-state index contributed by atoms with van der Waals surface area (Å²) in [6.45, 7) is 4.58. The monoisotopic (exact) mass is 315 g/mol. The third kappa shape index (κ3) is 5.84. The van der Waals surface area contributed by atoms with Crippen molar-refractivity contribution in [2.24, 2.45) is 10.9 Å². The highest BCUT2D eigenvalue weighted by atomic mass is 16.5. The minimum absolute atomic E-state index is 0.0960. The lowest BCUT2D eigenvalue weighted by molar-refractivity contribution is -0.143. The molecule has 1 rings (SSSR count). The van der Waals surface area contributed by atoms with Crippen LogP contribution in [0.15, 0.2) is 29.3 Å². The fourth-order valence-electron chi connectivity index (χ4n) is 2.19. The highest BCUT2D eigenvalue weighted by Gasteiger charge is 2.17. The molecule has 0 bridgehead atoms. The van der Waals surface area contributed by atoms with E-state index in [1.54, 1.807) is 6.92 Å². The molecule has 0 aliphatic heterocycles. The van der Waals surface area contributed by atoms with Gasteiger partial charge in [-0.25, -0.2) is 0 Å². The first kappa shape index (κ1) is 18.9. The fraction of sp³-hybridized carbons (Fsp3) is 0.500. The van der Waals surface area contributed by atoms with Crippen LogP contribution in [0.4, 0.5) is 0 Å². The van der Waals surface area contributed by atoms with Crippen LogP contribution in [0.3, 0.4) is 0 Å². The number of carbonyl (C=O) groups is 1. The van der Waals surface area contributed by atoms with Crippen LogP contribution in [0.5, 0.6) is 0 Å². The van der Waals surface area contributed by atoms with Crippen LogP contribution in [0.1, 0.15) is 31.0 Å². The molecule has 0 fully saturated rings. The van der Waals surface area contributed by atoms with E-state index in [4.69, 9.17) is 10.00 Å². The van der Waals surface area contributed by atoms with Crippen molar-refractivity contribution in [2.45, 2.75) is 26.3 Å². The molecule has 1 unspecified atom stereocenters. The van der Waals surface area contributed by atoms with Gasteiger partial charge in [0.25, 0.3) is 0 Å². The Balaban J connectivity index is 2.78. The van der Waals surface area contributed by atoms with Crippen molar-refractivity contribution in [3.8, 4) is 6.07 Å². The number of nitrogens with zero attached hydrogens (tertiary/aromatic N) is 3. The topological polar surface area (TPSA) is 65.7 Å². The van der Waals surface area contributed by atoms with Crippen LogP contribution in [0, 0.1) is 17.2 Å². The Morgan fingerprint density at radius 2 is 2.00 bits per heavy atom. The Hall–Kier alpha value is -2.19. The molecule has 0 aromatic heterocycles. The minimum atomic E-state index is -0.944. The Morgan fingerprint density at radius 1 is 1.35 bits per heavy atom. The minimum Gasteiger partial charge on any atom is -0.465 e. The van der Waals surface area contributed by atoms with E-state index in [0.29, 0.717) is 6.54 Å². The van der Waals surface area contributed by atoms with Crippen LogP contribution < -0.4 is 0 Å². The maximum Gasteiger partial charge on any atom is 0.328 e. The third-order valence-corrected chi connectivity index (χ3v) is 3.61. The smallest absolute Gasteiger partial charge is 0.328 e. The standard InChI is InChI=1S/C18H25N3O2/c1-5-14-7-9-15(10-8-14)17(21(3)4)13-20-12-16(11-19)18(22)23-6-2/h7-10,12,16-17H,5-6,13H2,1-4H3/t16?,17-/m1/s1. The number of likely N-dealkylation sites (N-methyl/N-ethyl adjacent to an activating group) is 1. The van der Waals surface area contributed by atoms with Crippen molar-refractivity contribution in [1.29, 1.82) is 5.26 Å². The fourth-order valence-corrected chi connectivity index (χ4v) is 2.19. The molecule has 5 nitrogen and oxygen atoms in total. The summed E-state index contributed by atoms with van der Waals surface area (Å²) in [7, 11) is 3.97. The van der Waals surface area contributed by atoms with E-state index in [1.807, 2.05) is 20.2 Å². The van der Waals surface area contributed by atoms with Gasteiger partial charge in [-0.15, -0.1) is 0 Å². The number of hydrogen-bond donors (Lipinski definition) is 0. The highest BCUT2D eigenvalue weighted by Crippen LogP contribution is 2.19. The third-order valence-electron chi connectivity index (χ3n) is 3.61. The van der Waals surface area contributed by atoms with Gasteiger partial charge in [0.1, 0.15) is 0 Å². The number of benzene rings is 1. The Kier molecular flexibility index (Phi) is 8.00. The number of esters is 1. The second kappa shape index (κ2) is 9.75. The maximum absolute atomic E-state index is 11.6. The van der Waals surface area contributed by atoms with Crippen LogP contribution in [0.2, 0.25) is 0 Å². The summed E-state index contributed by atoms with van der Waals surface area (Å²) in [6.07, 6.45) is 2.39.